The summed E-state index contributed by atoms with van der Waals surface area (Å²) < 4.78 is 42.0. The molecule has 0 saturated heterocycles. The maximum Gasteiger partial charge on any atom is 0.234 e. The van der Waals surface area contributed by atoms with Crippen molar-refractivity contribution in [1.82, 2.24) is 24.1 Å². The molecule has 33 heavy (non-hydrogen) atoms. The highest BCUT2D eigenvalue weighted by atomic mass is 32.2. The van der Waals surface area contributed by atoms with Crippen LogP contribution < -0.4 is 16.8 Å². The third-order valence-corrected chi connectivity index (χ3v) is 7.46. The minimum Gasteiger partial charge on any atom is -0.397 e. The van der Waals surface area contributed by atoms with Gasteiger partial charge in [0, 0.05) is 42.0 Å². The molecule has 170 valence electrons. The van der Waals surface area contributed by atoms with E-state index in [1.807, 2.05) is 0 Å². The second kappa shape index (κ2) is 7.39. The van der Waals surface area contributed by atoms with Gasteiger partial charge < -0.3 is 16.8 Å². The Morgan fingerprint density at radius 2 is 1.88 bits per heavy atom. The highest BCUT2D eigenvalue weighted by Gasteiger charge is 2.28. The lowest BCUT2D eigenvalue weighted by molar-refractivity contribution is 0.415. The van der Waals surface area contributed by atoms with E-state index in [1.54, 1.807) is 31.3 Å². The van der Waals surface area contributed by atoms with E-state index in [1.165, 1.54) is 28.4 Å². The number of halogens is 1. The van der Waals surface area contributed by atoms with Gasteiger partial charge in [-0.2, -0.15) is 9.40 Å². The van der Waals surface area contributed by atoms with Gasteiger partial charge in [-0.05, 0) is 30.0 Å². The zero-order valence-electron chi connectivity index (χ0n) is 17.9. The molecule has 12 heteroatoms. The predicted molar refractivity (Wildman–Crippen MR) is 124 cm³/mol. The second-order valence-corrected chi connectivity index (χ2v) is 10.0. The Hall–Kier alpha value is -3.77. The van der Waals surface area contributed by atoms with E-state index in [0.717, 1.165) is 5.69 Å². The van der Waals surface area contributed by atoms with Crippen LogP contribution in [0.3, 0.4) is 0 Å². The Bertz CT molecular complexity index is 1530. The van der Waals surface area contributed by atoms with Crippen LogP contribution in [0.5, 0.6) is 0 Å². The van der Waals surface area contributed by atoms with Gasteiger partial charge in [0.2, 0.25) is 10.0 Å². The molecule has 0 amide bonds. The minimum atomic E-state index is -3.38. The van der Waals surface area contributed by atoms with Gasteiger partial charge in [0.1, 0.15) is 5.82 Å². The molecule has 1 aromatic carbocycles. The fourth-order valence-electron chi connectivity index (χ4n) is 3.84. The lowest BCUT2D eigenvalue weighted by Gasteiger charge is -2.22. The maximum atomic E-state index is 15.1. The molecule has 4 aromatic rings. The second-order valence-electron chi connectivity index (χ2n) is 7.99. The summed E-state index contributed by atoms with van der Waals surface area (Å²) in [7, 11) is -1.85. The molecule has 0 bridgehead atoms. The van der Waals surface area contributed by atoms with Gasteiger partial charge in [0.15, 0.2) is 17.5 Å². The molecule has 5 N–H and O–H groups in total. The Morgan fingerprint density at radius 3 is 2.67 bits per heavy atom. The van der Waals surface area contributed by atoms with Crippen LogP contribution >= 0.6 is 0 Å². The number of benzene rings is 1. The molecule has 10 nitrogen and oxygen atoms in total. The third kappa shape index (κ3) is 3.52. The molecular weight excluding hydrogens is 447 g/mol. The number of nitrogens with one attached hydrogen (secondary N) is 1. The Balaban J connectivity index is 1.54. The molecule has 0 radical (unpaired) electrons. The van der Waals surface area contributed by atoms with Crippen molar-refractivity contribution in [1.29, 1.82) is 0 Å². The SMILES string of the molecule is Cc1c(N)cncc1-c1cc2cc(Nc3cc4n(n3)CS(=O)(=O)N(C)C4)ncc2c(N)c1F. The molecule has 1 aliphatic heterocycles. The monoisotopic (exact) mass is 468 g/mol. The fourth-order valence-corrected chi connectivity index (χ4v) is 4.90. The van der Waals surface area contributed by atoms with Gasteiger partial charge in [-0.3, -0.25) is 4.98 Å². The quantitative estimate of drug-likeness (QED) is 0.389. The van der Waals surface area contributed by atoms with Crippen LogP contribution in [0.25, 0.3) is 21.9 Å². The summed E-state index contributed by atoms with van der Waals surface area (Å²) in [6.07, 6.45) is 4.55. The average Bonchev–Trinajstić information content (AvgIpc) is 3.13. The number of sulfonamides is 1. The van der Waals surface area contributed by atoms with Gasteiger partial charge >= 0.3 is 0 Å². The summed E-state index contributed by atoms with van der Waals surface area (Å²) in [5.74, 6) is 0.119. The lowest BCUT2D eigenvalue weighted by atomic mass is 9.97. The average molecular weight is 469 g/mol. The number of anilines is 4. The molecule has 0 saturated carbocycles. The van der Waals surface area contributed by atoms with Crippen LogP contribution in [0.1, 0.15) is 11.3 Å². The van der Waals surface area contributed by atoms with E-state index in [0.29, 0.717) is 44.8 Å². The number of rotatable bonds is 3. The van der Waals surface area contributed by atoms with Gasteiger partial charge in [-0.15, -0.1) is 0 Å². The summed E-state index contributed by atoms with van der Waals surface area (Å²) in [4.78, 5) is 8.40. The minimum absolute atomic E-state index is 0.0194. The van der Waals surface area contributed by atoms with Crippen molar-refractivity contribution in [3.63, 3.8) is 0 Å². The predicted octanol–water partition coefficient (Wildman–Crippen LogP) is 2.58. The van der Waals surface area contributed by atoms with E-state index in [9.17, 15) is 8.42 Å². The summed E-state index contributed by atoms with van der Waals surface area (Å²) >= 11 is 0. The first-order valence-electron chi connectivity index (χ1n) is 10.00. The van der Waals surface area contributed by atoms with Crippen molar-refractivity contribution >= 4 is 43.8 Å². The zero-order chi connectivity index (χ0) is 23.5. The first-order chi connectivity index (χ1) is 15.6. The highest BCUT2D eigenvalue weighted by molar-refractivity contribution is 7.88. The fraction of sp³-hybridized carbons (Fsp3) is 0.190. The molecule has 5 rings (SSSR count). The van der Waals surface area contributed by atoms with Crippen molar-refractivity contribution in [2.45, 2.75) is 19.3 Å². The van der Waals surface area contributed by atoms with Crippen LogP contribution in [0, 0.1) is 12.7 Å². The standard InChI is InChI=1S/C21H21FN8O2S/c1-11-15(6-25-8-17(11)23)14-3-12-4-18(26-7-16(12)21(24)20(14)22)27-19-5-13-9-29(2)33(31,32)10-30(13)28-19/h3-8H,9-10,23-24H2,1-2H3,(H,26,27,28). The number of pyridine rings is 2. The molecule has 1 aliphatic rings. The van der Waals surface area contributed by atoms with Crippen molar-refractivity contribution < 1.29 is 12.8 Å². The van der Waals surface area contributed by atoms with Crippen molar-refractivity contribution in [2.75, 3.05) is 23.8 Å². The number of aromatic nitrogens is 4. The molecule has 0 atom stereocenters. The summed E-state index contributed by atoms with van der Waals surface area (Å²) in [6, 6.07) is 5.17. The summed E-state index contributed by atoms with van der Waals surface area (Å²) in [5, 5.41) is 8.54. The largest absolute Gasteiger partial charge is 0.397 e. The molecular formula is C21H21FN8O2S. The number of hydrogen-bond donors (Lipinski definition) is 3. The third-order valence-electron chi connectivity index (χ3n) is 5.81. The van der Waals surface area contributed by atoms with Crippen LogP contribution in [0.15, 0.2) is 36.8 Å². The maximum absolute atomic E-state index is 15.1. The first kappa shape index (κ1) is 21.1. The first-order valence-corrected chi connectivity index (χ1v) is 11.6. The van der Waals surface area contributed by atoms with Gasteiger partial charge in [-0.25, -0.2) is 22.5 Å². The smallest absolute Gasteiger partial charge is 0.234 e. The van der Waals surface area contributed by atoms with Crippen molar-refractivity contribution in [3.05, 3.63) is 53.9 Å². The molecule has 4 heterocycles. The van der Waals surface area contributed by atoms with Crippen LogP contribution in [-0.4, -0.2) is 39.5 Å². The van der Waals surface area contributed by atoms with Gasteiger partial charge in [0.25, 0.3) is 0 Å². The van der Waals surface area contributed by atoms with E-state index in [4.69, 9.17) is 11.5 Å². The number of nitrogen functional groups attached to an aromatic ring is 2. The normalized spacial score (nSPS) is 15.5. The zero-order valence-corrected chi connectivity index (χ0v) is 18.7. The number of hydrogen-bond acceptors (Lipinski definition) is 8. The number of nitrogens with two attached hydrogens (primary N) is 2. The molecule has 0 fully saturated rings. The van der Waals surface area contributed by atoms with Crippen molar-refractivity contribution in [2.24, 2.45) is 0 Å². The lowest BCUT2D eigenvalue weighted by Crippen LogP contribution is -2.35. The van der Waals surface area contributed by atoms with E-state index < -0.39 is 15.8 Å². The van der Waals surface area contributed by atoms with E-state index >= 15 is 4.39 Å². The highest BCUT2D eigenvalue weighted by Crippen LogP contribution is 2.36. The summed E-state index contributed by atoms with van der Waals surface area (Å²) in [6.45, 7) is 2.03. The van der Waals surface area contributed by atoms with Gasteiger partial charge in [0.05, 0.1) is 29.8 Å². The molecule has 0 aliphatic carbocycles. The van der Waals surface area contributed by atoms with Crippen LogP contribution in [-0.2, 0) is 22.4 Å². The number of nitrogens with zero attached hydrogens (tertiary/aromatic N) is 5. The Morgan fingerprint density at radius 1 is 1.09 bits per heavy atom. The van der Waals surface area contributed by atoms with Crippen LogP contribution in [0.4, 0.5) is 27.4 Å². The Kier molecular flexibility index (Phi) is 4.72. The Labute approximate surface area is 189 Å². The van der Waals surface area contributed by atoms with Gasteiger partial charge in [-0.1, -0.05) is 0 Å². The number of fused-ring (bicyclic) bond motifs is 2. The molecule has 0 unspecified atom stereocenters. The van der Waals surface area contributed by atoms with E-state index in [-0.39, 0.29) is 18.1 Å². The van der Waals surface area contributed by atoms with Crippen LogP contribution in [0.2, 0.25) is 0 Å². The molecule has 0 spiro atoms. The van der Waals surface area contributed by atoms with Crippen molar-refractivity contribution in [3.8, 4) is 11.1 Å². The topological polar surface area (TPSA) is 145 Å². The molecule has 3 aromatic heterocycles. The van der Waals surface area contributed by atoms with E-state index in [2.05, 4.69) is 20.4 Å². The summed E-state index contributed by atoms with van der Waals surface area (Å²) in [5.41, 5.74) is 14.8.